The molecular formula is C68H56F14N4S4. The first-order valence-corrected chi connectivity index (χ1v) is 31.4. The molecule has 0 amide bonds. The predicted octanol–water partition coefficient (Wildman–Crippen LogP) is 23.4. The summed E-state index contributed by atoms with van der Waals surface area (Å²) < 4.78 is 214. The van der Waals surface area contributed by atoms with Gasteiger partial charge < -0.3 is 0 Å². The molecular weight excluding hydrogens is 1270 g/mol. The van der Waals surface area contributed by atoms with Crippen molar-refractivity contribution >= 4 is 112 Å². The van der Waals surface area contributed by atoms with Crippen molar-refractivity contribution in [2.45, 2.75) is 180 Å². The number of halogens is 14. The van der Waals surface area contributed by atoms with Crippen LogP contribution in [-0.2, 0) is 33.5 Å². The minimum absolute atomic E-state index is 0.0340. The number of aromatic nitrogens is 4. The van der Waals surface area contributed by atoms with Crippen molar-refractivity contribution in [3.8, 4) is 0 Å². The van der Waals surface area contributed by atoms with Gasteiger partial charge in [0.1, 0.15) is 0 Å². The molecule has 0 bridgehead atoms. The molecule has 22 heteroatoms. The number of rotatable bonds is 12. The summed E-state index contributed by atoms with van der Waals surface area (Å²) in [6.07, 6.45) is -13.6. The van der Waals surface area contributed by atoms with Gasteiger partial charge in [0, 0.05) is 60.7 Å². The Morgan fingerprint density at radius 2 is 0.456 bits per heavy atom. The molecule has 0 radical (unpaired) electrons. The number of fused-ring (bicyclic) bond motifs is 2. The van der Waals surface area contributed by atoms with E-state index in [9.17, 15) is 26.3 Å². The molecule has 0 aliphatic carbocycles. The van der Waals surface area contributed by atoms with Gasteiger partial charge in [0.25, 0.3) is 0 Å². The summed E-state index contributed by atoms with van der Waals surface area (Å²) in [4.78, 5) is 17.9. The Balaban J connectivity index is 1.34. The minimum Gasteiger partial charge on any atom is -0.225 e. The fourth-order valence-corrected chi connectivity index (χ4v) is 14.5. The van der Waals surface area contributed by atoms with Crippen molar-refractivity contribution in [3.05, 3.63) is 155 Å². The van der Waals surface area contributed by atoms with Gasteiger partial charge in [-0.05, 0) is 138 Å². The second-order valence-corrected chi connectivity index (χ2v) is 30.9. The zero-order valence-corrected chi connectivity index (χ0v) is 53.5. The first-order chi connectivity index (χ1) is 41.4. The van der Waals surface area contributed by atoms with Crippen LogP contribution in [-0.4, -0.2) is 44.1 Å². The second-order valence-electron chi connectivity index (χ2n) is 26.5. The summed E-state index contributed by atoms with van der Waals surface area (Å²) in [5.41, 5.74) is 0.346. The zero-order valence-electron chi connectivity index (χ0n) is 50.3. The molecule has 470 valence electrons. The van der Waals surface area contributed by atoms with Gasteiger partial charge in [-0.3, -0.25) is 0 Å². The maximum Gasteiger partial charge on any atom is 0.460 e. The third kappa shape index (κ3) is 11.2. The van der Waals surface area contributed by atoms with Crippen molar-refractivity contribution in [1.29, 1.82) is 0 Å². The molecule has 0 aliphatic rings. The highest BCUT2D eigenvalue weighted by Gasteiger charge is 2.76. The second kappa shape index (κ2) is 21.6. The minimum atomic E-state index is -6.78. The van der Waals surface area contributed by atoms with Crippen molar-refractivity contribution < 1.29 is 61.5 Å². The monoisotopic (exact) mass is 1320 g/mol. The normalized spacial score (nSPS) is 14.1. The number of benzene rings is 9. The van der Waals surface area contributed by atoms with Crippen molar-refractivity contribution in [2.75, 3.05) is 0 Å². The highest BCUT2D eigenvalue weighted by molar-refractivity contribution is 8.00. The van der Waals surface area contributed by atoms with Crippen LogP contribution in [0.5, 0.6) is 0 Å². The summed E-state index contributed by atoms with van der Waals surface area (Å²) in [7, 11) is 0. The molecule has 11 rings (SSSR count). The Morgan fingerprint density at radius 3 is 0.622 bits per heavy atom. The van der Waals surface area contributed by atoms with E-state index in [2.05, 4.69) is 19.9 Å². The number of alkyl halides is 14. The summed E-state index contributed by atoms with van der Waals surface area (Å²) in [5.74, 6) is -29.7. The van der Waals surface area contributed by atoms with Gasteiger partial charge >= 0.3 is 36.0 Å². The molecule has 0 saturated carbocycles. The van der Waals surface area contributed by atoms with Crippen LogP contribution in [0.2, 0.25) is 0 Å². The first-order valence-electron chi connectivity index (χ1n) is 28.2. The Morgan fingerprint density at radius 1 is 0.267 bits per heavy atom. The van der Waals surface area contributed by atoms with E-state index in [1.54, 1.807) is 97.1 Å². The highest BCUT2D eigenvalue weighted by atomic mass is 32.2. The van der Waals surface area contributed by atoms with Gasteiger partial charge in [-0.1, -0.05) is 179 Å². The lowest BCUT2D eigenvalue weighted by Gasteiger charge is -2.28. The van der Waals surface area contributed by atoms with Gasteiger partial charge in [-0.2, -0.15) is 61.5 Å². The summed E-state index contributed by atoms with van der Waals surface area (Å²) >= 11 is 3.70. The van der Waals surface area contributed by atoms with E-state index in [0.29, 0.717) is 19.6 Å². The van der Waals surface area contributed by atoms with Crippen LogP contribution >= 0.6 is 47.0 Å². The summed E-state index contributed by atoms with van der Waals surface area (Å²) in [5, 5.41) is 1.31. The highest BCUT2D eigenvalue weighted by Crippen LogP contribution is 2.58. The van der Waals surface area contributed by atoms with E-state index in [0.717, 1.165) is 69.3 Å². The Bertz CT molecular complexity index is 4050. The smallest absolute Gasteiger partial charge is 0.225 e. The molecule has 2 aromatic heterocycles. The van der Waals surface area contributed by atoms with Crippen LogP contribution < -0.4 is 0 Å². The van der Waals surface area contributed by atoms with Crippen molar-refractivity contribution in [2.24, 2.45) is 0 Å². The van der Waals surface area contributed by atoms with Crippen LogP contribution in [0.4, 0.5) is 61.5 Å². The van der Waals surface area contributed by atoms with Crippen LogP contribution in [0.3, 0.4) is 0 Å². The quantitative estimate of drug-likeness (QED) is 0.0681. The fraction of sp³-hybridized carbons (Fsp3) is 0.324. The van der Waals surface area contributed by atoms with Gasteiger partial charge in [-0.15, -0.1) is 0 Å². The molecule has 90 heavy (non-hydrogen) atoms. The lowest BCUT2D eigenvalue weighted by Crippen LogP contribution is -2.50. The van der Waals surface area contributed by atoms with E-state index < -0.39 is 69.8 Å². The standard InChI is InChI=1S/C68H56F14N4S4/c1-59(2,3)33-13-21-37(22-14-33)87-45-29-41-42-30-47(89-39-25-17-35(18-26-39)61(7,8)9)55-52-50(42)44(32-48(90-40-27-19-36(20-28-40)62(10,11)12)56(52)86-58(85-55)64(71,72)66(75,76)68(80,81)82)43-31-46(88-38-23-15-34(16-24-38)60(4,5)6)54-51(49(41)43)53(45)83-57(84-54)63(69,70)65(73,74)67(77,78)79/h13-32H,1-12H3. The average molecular weight is 1320 g/mol. The maximum atomic E-state index is 16.5. The molecule has 9 aromatic carbocycles. The predicted molar refractivity (Wildman–Crippen MR) is 332 cm³/mol. The van der Waals surface area contributed by atoms with Crippen molar-refractivity contribution in [1.82, 2.24) is 19.9 Å². The van der Waals surface area contributed by atoms with Gasteiger partial charge in [0.15, 0.2) is 0 Å². The Labute approximate surface area is 525 Å². The zero-order chi connectivity index (χ0) is 65.8. The molecule has 11 aromatic rings. The molecule has 2 heterocycles. The number of hydrogen-bond donors (Lipinski definition) is 0. The molecule has 0 fully saturated rings. The van der Waals surface area contributed by atoms with E-state index >= 15 is 35.1 Å². The summed E-state index contributed by atoms with van der Waals surface area (Å²) in [6.45, 7) is 23.6. The fourth-order valence-electron chi connectivity index (χ4n) is 10.7. The van der Waals surface area contributed by atoms with Crippen molar-refractivity contribution in [3.63, 3.8) is 0 Å². The lowest BCUT2D eigenvalue weighted by atomic mass is 9.87. The van der Waals surface area contributed by atoms with E-state index in [1.165, 1.54) is 24.3 Å². The first kappa shape index (κ1) is 65.1. The Kier molecular flexibility index (Phi) is 15.6. The average Bonchev–Trinajstić information content (AvgIpc) is 0.684. The van der Waals surface area contributed by atoms with Gasteiger partial charge in [0.2, 0.25) is 11.6 Å². The van der Waals surface area contributed by atoms with Crippen LogP contribution in [0.1, 0.15) is 117 Å². The molecule has 0 spiro atoms. The molecule has 0 aliphatic heterocycles. The molecule has 0 unspecified atom stereocenters. The molecule has 4 nitrogen and oxygen atoms in total. The Hall–Kier alpha value is -6.36. The SMILES string of the molecule is CC(C)(C)c1ccc(Sc2cc3c4cc(Sc5ccc(C(C)(C)C)cc5)c5nc(C(F)(F)C(F)(F)C(F)(F)F)nc6c(Sc7ccc(C(C)(C)C)cc7)cc(c7cc(Sc8ccc(C(C)(C)C)cc8)c8nc(C(F)(F)C(F)(F)C(F)(F)F)nc2c8c37)c4c56)cc1. The van der Waals surface area contributed by atoms with Crippen LogP contribution in [0.15, 0.2) is 160 Å². The molecule has 0 N–H and O–H groups in total. The maximum absolute atomic E-state index is 16.5. The molecule has 0 atom stereocenters. The van der Waals surface area contributed by atoms with E-state index in [1.807, 2.05) is 83.1 Å². The lowest BCUT2D eigenvalue weighted by molar-refractivity contribution is -0.361. The van der Waals surface area contributed by atoms with Gasteiger partial charge in [-0.25, -0.2) is 19.9 Å². The van der Waals surface area contributed by atoms with Crippen LogP contribution in [0, 0.1) is 0 Å². The molecule has 0 saturated heterocycles. The van der Waals surface area contributed by atoms with Gasteiger partial charge in [0.05, 0.1) is 22.1 Å². The van der Waals surface area contributed by atoms with Crippen LogP contribution in [0.25, 0.3) is 65.2 Å². The topological polar surface area (TPSA) is 51.6 Å². The third-order valence-corrected chi connectivity index (χ3v) is 20.0. The summed E-state index contributed by atoms with van der Waals surface area (Å²) in [6, 6.07) is 34.1. The third-order valence-electron chi connectivity index (χ3n) is 15.9. The largest absolute Gasteiger partial charge is 0.460 e. The number of hydrogen-bond acceptors (Lipinski definition) is 8. The van der Waals surface area contributed by atoms with E-state index in [-0.39, 0.29) is 84.3 Å². The number of nitrogens with zero attached hydrogens (tertiary/aromatic N) is 4. The van der Waals surface area contributed by atoms with E-state index in [4.69, 9.17) is 0 Å².